The molecular weight excluding hydrogens is 353 g/mol. The number of likely N-dealkylation sites (N-methyl/N-ethyl adjacent to an activating group) is 1. The van der Waals surface area contributed by atoms with Crippen LogP contribution in [0, 0.1) is 19.7 Å². The van der Waals surface area contributed by atoms with E-state index in [-0.39, 0.29) is 11.7 Å². The lowest BCUT2D eigenvalue weighted by atomic mass is 9.90. The molecule has 0 bridgehead atoms. The van der Waals surface area contributed by atoms with Crippen LogP contribution in [0.2, 0.25) is 0 Å². The van der Waals surface area contributed by atoms with E-state index < -0.39 is 5.66 Å². The van der Waals surface area contributed by atoms with E-state index in [2.05, 4.69) is 36.8 Å². The van der Waals surface area contributed by atoms with Gasteiger partial charge in [0.25, 0.3) is 5.91 Å². The Morgan fingerprint density at radius 2 is 1.61 bits per heavy atom. The molecule has 2 aliphatic rings. The second-order valence-electron chi connectivity index (χ2n) is 8.06. The lowest BCUT2D eigenvalue weighted by Crippen LogP contribution is -2.61. The molecule has 0 aliphatic carbocycles. The summed E-state index contributed by atoms with van der Waals surface area (Å²) >= 11 is 0. The summed E-state index contributed by atoms with van der Waals surface area (Å²) in [6.07, 6.45) is 0.773. The molecule has 0 radical (unpaired) electrons. The highest BCUT2D eigenvalue weighted by molar-refractivity contribution is 6.12. The molecule has 1 saturated heterocycles. The Labute approximate surface area is 166 Å². The van der Waals surface area contributed by atoms with E-state index >= 15 is 0 Å². The molecule has 0 spiro atoms. The Hall–Kier alpha value is -2.24. The summed E-state index contributed by atoms with van der Waals surface area (Å²) in [6, 6.07) is 10.5. The zero-order valence-corrected chi connectivity index (χ0v) is 17.1. The van der Waals surface area contributed by atoms with Gasteiger partial charge in [-0.25, -0.2) is 4.39 Å². The molecular formula is C23H28FN3O. The molecule has 4 nitrogen and oxygen atoms in total. The van der Waals surface area contributed by atoms with Crippen molar-refractivity contribution in [1.82, 2.24) is 9.80 Å². The van der Waals surface area contributed by atoms with Crippen LogP contribution in [0.4, 0.5) is 10.1 Å². The molecule has 2 aromatic carbocycles. The van der Waals surface area contributed by atoms with Crippen molar-refractivity contribution in [3.05, 3.63) is 64.5 Å². The zero-order valence-electron chi connectivity index (χ0n) is 17.1. The first kappa shape index (κ1) is 19.1. The van der Waals surface area contributed by atoms with Crippen molar-refractivity contribution in [1.29, 1.82) is 0 Å². The Morgan fingerprint density at radius 1 is 1.00 bits per heavy atom. The summed E-state index contributed by atoms with van der Waals surface area (Å²) in [6.45, 7) is 10.0. The highest BCUT2D eigenvalue weighted by Gasteiger charge is 2.53. The van der Waals surface area contributed by atoms with Crippen molar-refractivity contribution in [2.24, 2.45) is 0 Å². The van der Waals surface area contributed by atoms with Crippen molar-refractivity contribution in [2.75, 3.05) is 38.1 Å². The summed E-state index contributed by atoms with van der Waals surface area (Å²) < 4.78 is 13.6. The van der Waals surface area contributed by atoms with Gasteiger partial charge in [-0.2, -0.15) is 0 Å². The van der Waals surface area contributed by atoms with E-state index in [1.165, 1.54) is 17.7 Å². The molecule has 1 unspecified atom stereocenters. The average molecular weight is 381 g/mol. The van der Waals surface area contributed by atoms with Crippen LogP contribution >= 0.6 is 0 Å². The number of nitrogens with zero attached hydrogens (tertiary/aromatic N) is 3. The van der Waals surface area contributed by atoms with Gasteiger partial charge in [0.05, 0.1) is 0 Å². The van der Waals surface area contributed by atoms with Crippen LogP contribution in [0.5, 0.6) is 0 Å². The van der Waals surface area contributed by atoms with Crippen molar-refractivity contribution in [3.63, 3.8) is 0 Å². The topological polar surface area (TPSA) is 26.8 Å². The molecule has 28 heavy (non-hydrogen) atoms. The molecule has 4 rings (SSSR count). The minimum atomic E-state index is -0.538. The SMILES string of the molecule is CCC1(N2CCN(C)CC2)c2cc(C)c(C)cc2C(=O)N1c1ccc(F)cc1. The molecule has 148 valence electrons. The summed E-state index contributed by atoms with van der Waals surface area (Å²) in [5.41, 5.74) is 4.38. The number of carbonyl (C=O) groups is 1. The third kappa shape index (κ3) is 2.76. The fourth-order valence-electron chi connectivity index (χ4n) is 4.71. The van der Waals surface area contributed by atoms with Gasteiger partial charge in [-0.1, -0.05) is 13.0 Å². The third-order valence-electron chi connectivity index (χ3n) is 6.47. The number of anilines is 1. The zero-order chi connectivity index (χ0) is 20.1. The number of carbonyl (C=O) groups excluding carboxylic acids is 1. The second kappa shape index (κ2) is 6.98. The predicted octanol–water partition coefficient (Wildman–Crippen LogP) is 3.91. The highest BCUT2D eigenvalue weighted by Crippen LogP contribution is 2.47. The maximum Gasteiger partial charge on any atom is 0.260 e. The van der Waals surface area contributed by atoms with Gasteiger partial charge in [-0.05, 0) is 68.8 Å². The lowest BCUT2D eigenvalue weighted by Gasteiger charge is -2.50. The van der Waals surface area contributed by atoms with E-state index in [1.807, 2.05) is 17.9 Å². The van der Waals surface area contributed by atoms with Gasteiger partial charge in [-0.3, -0.25) is 14.6 Å². The smallest absolute Gasteiger partial charge is 0.260 e. The highest BCUT2D eigenvalue weighted by atomic mass is 19.1. The molecule has 1 atom stereocenters. The summed E-state index contributed by atoms with van der Waals surface area (Å²) in [5, 5.41) is 0. The average Bonchev–Trinajstić information content (AvgIpc) is 2.92. The number of benzene rings is 2. The predicted molar refractivity (Wildman–Crippen MR) is 110 cm³/mol. The van der Waals surface area contributed by atoms with Gasteiger partial charge in [-0.15, -0.1) is 0 Å². The molecule has 0 aromatic heterocycles. The first-order valence-electron chi connectivity index (χ1n) is 10.0. The monoisotopic (exact) mass is 381 g/mol. The molecule has 1 amide bonds. The minimum Gasteiger partial charge on any atom is -0.304 e. The Kier molecular flexibility index (Phi) is 4.76. The number of rotatable bonds is 3. The van der Waals surface area contributed by atoms with Crippen LogP contribution in [0.25, 0.3) is 0 Å². The third-order valence-corrected chi connectivity index (χ3v) is 6.47. The standard InChI is InChI=1S/C23H28FN3O/c1-5-23(26-12-10-25(4)11-13-26)21-15-17(3)16(2)14-20(21)22(28)27(23)19-8-6-18(24)7-9-19/h6-9,14-15H,5,10-13H2,1-4H3. The Morgan fingerprint density at radius 3 is 2.21 bits per heavy atom. The minimum absolute atomic E-state index is 0.00508. The Balaban J connectivity index is 1.93. The van der Waals surface area contributed by atoms with Gasteiger partial charge >= 0.3 is 0 Å². The number of hydrogen-bond donors (Lipinski definition) is 0. The molecule has 0 saturated carbocycles. The summed E-state index contributed by atoms with van der Waals surface area (Å²) in [5.74, 6) is -0.285. The normalized spacial score (nSPS) is 23.3. The van der Waals surface area contributed by atoms with E-state index in [9.17, 15) is 9.18 Å². The fraction of sp³-hybridized carbons (Fsp3) is 0.435. The van der Waals surface area contributed by atoms with Crippen molar-refractivity contribution >= 4 is 11.6 Å². The van der Waals surface area contributed by atoms with Crippen LogP contribution in [0.3, 0.4) is 0 Å². The molecule has 1 fully saturated rings. The van der Waals surface area contributed by atoms with Gasteiger partial charge in [0.2, 0.25) is 0 Å². The van der Waals surface area contributed by atoms with E-state index in [4.69, 9.17) is 0 Å². The number of fused-ring (bicyclic) bond motifs is 1. The van der Waals surface area contributed by atoms with Crippen LogP contribution in [0.15, 0.2) is 36.4 Å². The van der Waals surface area contributed by atoms with Gasteiger partial charge in [0, 0.05) is 43.0 Å². The number of amides is 1. The lowest BCUT2D eigenvalue weighted by molar-refractivity contribution is 0.0349. The number of hydrogen-bond acceptors (Lipinski definition) is 3. The summed E-state index contributed by atoms with van der Waals surface area (Å²) in [4.78, 5) is 20.3. The molecule has 2 aromatic rings. The first-order chi connectivity index (χ1) is 13.4. The number of halogens is 1. The van der Waals surface area contributed by atoms with Crippen LogP contribution in [-0.4, -0.2) is 48.9 Å². The van der Waals surface area contributed by atoms with Gasteiger partial charge < -0.3 is 4.90 Å². The van der Waals surface area contributed by atoms with Crippen LogP contribution in [-0.2, 0) is 5.66 Å². The van der Waals surface area contributed by atoms with Gasteiger partial charge in [0.15, 0.2) is 0 Å². The van der Waals surface area contributed by atoms with E-state index in [0.717, 1.165) is 55.0 Å². The molecule has 2 heterocycles. The number of aryl methyl sites for hydroxylation is 2. The van der Waals surface area contributed by atoms with Gasteiger partial charge in [0.1, 0.15) is 11.5 Å². The molecule has 0 N–H and O–H groups in total. The largest absolute Gasteiger partial charge is 0.304 e. The quantitative estimate of drug-likeness (QED) is 0.806. The van der Waals surface area contributed by atoms with E-state index in [0.29, 0.717) is 0 Å². The maximum absolute atomic E-state index is 13.6. The molecule has 2 aliphatic heterocycles. The van der Waals surface area contributed by atoms with E-state index in [1.54, 1.807) is 12.1 Å². The second-order valence-corrected chi connectivity index (χ2v) is 8.06. The maximum atomic E-state index is 13.6. The number of piperazine rings is 1. The van der Waals surface area contributed by atoms with Crippen molar-refractivity contribution in [3.8, 4) is 0 Å². The van der Waals surface area contributed by atoms with Crippen LogP contribution in [0.1, 0.15) is 40.4 Å². The first-order valence-corrected chi connectivity index (χ1v) is 10.0. The molecule has 5 heteroatoms. The summed E-state index contributed by atoms with van der Waals surface area (Å²) in [7, 11) is 2.13. The van der Waals surface area contributed by atoms with Crippen molar-refractivity contribution < 1.29 is 9.18 Å². The fourth-order valence-corrected chi connectivity index (χ4v) is 4.71. The van der Waals surface area contributed by atoms with Crippen molar-refractivity contribution in [2.45, 2.75) is 32.9 Å². The Bertz CT molecular complexity index is 903. The van der Waals surface area contributed by atoms with Crippen LogP contribution < -0.4 is 4.90 Å².